The summed E-state index contributed by atoms with van der Waals surface area (Å²) in [5.74, 6) is -4.96. The van der Waals surface area contributed by atoms with Crippen LogP contribution in [0.2, 0.25) is 10.0 Å². The molecule has 0 saturated heterocycles. The van der Waals surface area contributed by atoms with Crippen LogP contribution in [0.25, 0.3) is 0 Å². The maximum absolute atomic E-state index is 13.0. The molecule has 34 heavy (non-hydrogen) atoms. The average molecular weight is 502 g/mol. The van der Waals surface area contributed by atoms with Gasteiger partial charge in [-0.05, 0) is 36.4 Å². The summed E-state index contributed by atoms with van der Waals surface area (Å²) in [4.78, 5) is 50.4. The number of aliphatic carboxylic acids is 1. The number of amides is 1. The number of rotatable bonds is 8. The fraction of sp³-hybridized carbons (Fsp3) is 0.0833. The summed E-state index contributed by atoms with van der Waals surface area (Å²) in [7, 11) is 0. The number of hydrogen-bond donors (Lipinski definition) is 2. The second-order valence-electron chi connectivity index (χ2n) is 6.81. The number of halogens is 2. The lowest BCUT2D eigenvalue weighted by Gasteiger charge is -2.24. The topological polar surface area (TPSA) is 119 Å². The molecule has 2 atom stereocenters. The van der Waals surface area contributed by atoms with Gasteiger partial charge in [-0.2, -0.15) is 0 Å². The molecule has 3 rings (SSSR count). The minimum Gasteiger partial charge on any atom is -0.478 e. The summed E-state index contributed by atoms with van der Waals surface area (Å²) in [6, 6.07) is 19.7. The molecule has 0 aliphatic carbocycles. The Morgan fingerprint density at radius 3 is 1.59 bits per heavy atom. The van der Waals surface area contributed by atoms with E-state index in [1.807, 2.05) is 0 Å². The molecule has 0 fully saturated rings. The van der Waals surface area contributed by atoms with Crippen molar-refractivity contribution < 1.29 is 33.8 Å². The molecule has 10 heteroatoms. The van der Waals surface area contributed by atoms with Gasteiger partial charge < -0.3 is 19.9 Å². The SMILES string of the molecule is O=C(O[C@H](C(=O)O)[C@@H](OC(=O)c1ccccc1Cl)C(=O)Nc1ccccc1)c1ccccc1Cl. The van der Waals surface area contributed by atoms with E-state index < -0.39 is 36.0 Å². The molecule has 0 heterocycles. The van der Waals surface area contributed by atoms with Crippen molar-refractivity contribution in [1.29, 1.82) is 0 Å². The summed E-state index contributed by atoms with van der Waals surface area (Å²) in [5.41, 5.74) is 0.0613. The van der Waals surface area contributed by atoms with Crippen molar-refractivity contribution in [1.82, 2.24) is 0 Å². The molecule has 0 radical (unpaired) electrons. The van der Waals surface area contributed by atoms with Gasteiger partial charge in [0.1, 0.15) is 0 Å². The number of carboxylic acids is 1. The summed E-state index contributed by atoms with van der Waals surface area (Å²) >= 11 is 12.0. The predicted molar refractivity (Wildman–Crippen MR) is 124 cm³/mol. The van der Waals surface area contributed by atoms with E-state index >= 15 is 0 Å². The van der Waals surface area contributed by atoms with Crippen LogP contribution in [0.3, 0.4) is 0 Å². The van der Waals surface area contributed by atoms with Crippen LogP contribution in [0.1, 0.15) is 20.7 Å². The third kappa shape index (κ3) is 6.12. The molecule has 0 aromatic heterocycles. The molecule has 1 amide bonds. The zero-order valence-corrected chi connectivity index (χ0v) is 18.8. The Kier molecular flexibility index (Phi) is 8.24. The van der Waals surface area contributed by atoms with E-state index in [2.05, 4.69) is 5.32 Å². The Balaban J connectivity index is 1.93. The van der Waals surface area contributed by atoms with Crippen molar-refractivity contribution in [2.75, 3.05) is 5.32 Å². The van der Waals surface area contributed by atoms with Gasteiger partial charge in [-0.3, -0.25) is 4.79 Å². The maximum atomic E-state index is 13.0. The van der Waals surface area contributed by atoms with Crippen LogP contribution in [0.4, 0.5) is 5.69 Å². The van der Waals surface area contributed by atoms with Gasteiger partial charge in [0, 0.05) is 5.69 Å². The highest BCUT2D eigenvalue weighted by Crippen LogP contribution is 2.21. The van der Waals surface area contributed by atoms with Gasteiger partial charge in [0.25, 0.3) is 5.91 Å². The first-order valence-corrected chi connectivity index (χ1v) is 10.5. The summed E-state index contributed by atoms with van der Waals surface area (Å²) in [5, 5.41) is 12.2. The molecule has 0 spiro atoms. The van der Waals surface area contributed by atoms with Crippen molar-refractivity contribution in [2.24, 2.45) is 0 Å². The Morgan fingerprint density at radius 2 is 1.12 bits per heavy atom. The first kappa shape index (κ1) is 24.8. The lowest BCUT2D eigenvalue weighted by molar-refractivity contribution is -0.157. The molecule has 0 aliphatic heterocycles. The van der Waals surface area contributed by atoms with Gasteiger partial charge in [-0.1, -0.05) is 65.7 Å². The van der Waals surface area contributed by atoms with Crippen LogP contribution in [-0.4, -0.2) is 41.1 Å². The van der Waals surface area contributed by atoms with E-state index in [4.69, 9.17) is 32.7 Å². The van der Waals surface area contributed by atoms with Crippen LogP contribution in [0.5, 0.6) is 0 Å². The van der Waals surface area contributed by atoms with Gasteiger partial charge >= 0.3 is 17.9 Å². The highest BCUT2D eigenvalue weighted by atomic mass is 35.5. The van der Waals surface area contributed by atoms with Crippen molar-refractivity contribution in [2.45, 2.75) is 12.2 Å². The monoisotopic (exact) mass is 501 g/mol. The number of ether oxygens (including phenoxy) is 2. The molecule has 0 aliphatic rings. The van der Waals surface area contributed by atoms with Crippen LogP contribution >= 0.6 is 23.2 Å². The molecular weight excluding hydrogens is 485 g/mol. The number of hydrogen-bond acceptors (Lipinski definition) is 6. The quantitative estimate of drug-likeness (QED) is 0.437. The fourth-order valence-corrected chi connectivity index (χ4v) is 3.27. The molecule has 0 unspecified atom stereocenters. The largest absolute Gasteiger partial charge is 0.478 e. The number of esters is 2. The maximum Gasteiger partial charge on any atom is 0.349 e. The number of benzene rings is 3. The predicted octanol–water partition coefficient (Wildman–Crippen LogP) is 4.47. The van der Waals surface area contributed by atoms with Gasteiger partial charge in [0.2, 0.25) is 12.2 Å². The second kappa shape index (κ2) is 11.3. The average Bonchev–Trinajstić information content (AvgIpc) is 2.82. The summed E-state index contributed by atoms with van der Waals surface area (Å²) in [6.07, 6.45) is -4.26. The number of carbonyl (C=O) groups excluding carboxylic acids is 3. The van der Waals surface area contributed by atoms with Gasteiger partial charge in [-0.15, -0.1) is 0 Å². The molecule has 2 N–H and O–H groups in total. The zero-order chi connectivity index (χ0) is 24.7. The normalized spacial score (nSPS) is 12.2. The standard InChI is InChI=1S/C24H17Cl2NO7/c25-17-12-6-4-10-15(17)23(31)33-19(21(28)27-14-8-2-1-3-9-14)20(22(29)30)34-24(32)16-11-5-7-13-18(16)26/h1-13,19-20H,(H,27,28)(H,29,30)/t19-,20+/m1/s1. The first-order chi connectivity index (χ1) is 16.3. The Bertz CT molecular complexity index is 1220. The molecule has 0 bridgehead atoms. The van der Waals surface area contributed by atoms with E-state index in [9.17, 15) is 24.3 Å². The first-order valence-electron chi connectivity index (χ1n) is 9.77. The highest BCUT2D eigenvalue weighted by Gasteiger charge is 2.41. The number of carbonyl (C=O) groups is 4. The van der Waals surface area contributed by atoms with Gasteiger partial charge in [0.05, 0.1) is 21.2 Å². The van der Waals surface area contributed by atoms with E-state index in [0.717, 1.165) is 0 Å². The van der Waals surface area contributed by atoms with Crippen molar-refractivity contribution in [3.8, 4) is 0 Å². The van der Waals surface area contributed by atoms with Gasteiger partial charge in [-0.25, -0.2) is 14.4 Å². The Labute approximate surface area is 204 Å². The van der Waals surface area contributed by atoms with E-state index in [-0.39, 0.29) is 21.2 Å². The number of nitrogens with one attached hydrogen (secondary N) is 1. The van der Waals surface area contributed by atoms with Crippen molar-refractivity contribution >= 4 is 52.7 Å². The third-order valence-corrected chi connectivity index (χ3v) is 5.13. The molecule has 8 nitrogen and oxygen atoms in total. The third-order valence-electron chi connectivity index (χ3n) is 4.47. The molecule has 3 aromatic rings. The Morgan fingerprint density at radius 1 is 0.676 bits per heavy atom. The van der Waals surface area contributed by atoms with Crippen molar-refractivity contribution in [3.05, 3.63) is 100 Å². The molecule has 174 valence electrons. The number of carboxylic acid groups (broad SMARTS) is 1. The molecule has 0 saturated carbocycles. The minimum absolute atomic E-state index is 0.00925. The van der Waals surface area contributed by atoms with E-state index in [1.54, 1.807) is 30.3 Å². The van der Waals surface area contributed by atoms with E-state index in [0.29, 0.717) is 5.69 Å². The number of para-hydroxylation sites is 1. The zero-order valence-electron chi connectivity index (χ0n) is 17.3. The minimum atomic E-state index is -2.20. The fourth-order valence-electron chi connectivity index (χ4n) is 2.84. The van der Waals surface area contributed by atoms with E-state index in [1.165, 1.54) is 48.5 Å². The molecule has 3 aromatic carbocycles. The van der Waals surface area contributed by atoms with Gasteiger partial charge in [0.15, 0.2) is 0 Å². The van der Waals surface area contributed by atoms with Crippen molar-refractivity contribution in [3.63, 3.8) is 0 Å². The smallest absolute Gasteiger partial charge is 0.349 e. The Hall–Kier alpha value is -3.88. The summed E-state index contributed by atoms with van der Waals surface area (Å²) in [6.45, 7) is 0. The number of anilines is 1. The van der Waals surface area contributed by atoms with Crippen LogP contribution < -0.4 is 5.32 Å². The lowest BCUT2D eigenvalue weighted by Crippen LogP contribution is -2.48. The lowest BCUT2D eigenvalue weighted by atomic mass is 10.1. The highest BCUT2D eigenvalue weighted by molar-refractivity contribution is 6.34. The summed E-state index contributed by atoms with van der Waals surface area (Å²) < 4.78 is 10.3. The van der Waals surface area contributed by atoms with Crippen LogP contribution in [-0.2, 0) is 19.1 Å². The van der Waals surface area contributed by atoms with Crippen LogP contribution in [0.15, 0.2) is 78.9 Å². The second-order valence-corrected chi connectivity index (χ2v) is 7.62. The molecular formula is C24H17Cl2NO7. The van der Waals surface area contributed by atoms with Crippen LogP contribution in [0, 0.1) is 0 Å².